The fourth-order valence-electron chi connectivity index (χ4n) is 2.15. The largest absolute Gasteiger partial charge is 0.445 e. The van der Waals surface area contributed by atoms with Crippen LogP contribution in [0.2, 0.25) is 0 Å². The summed E-state index contributed by atoms with van der Waals surface area (Å²) in [4.78, 5) is 13.4. The van der Waals surface area contributed by atoms with E-state index in [1.807, 2.05) is 30.3 Å². The van der Waals surface area contributed by atoms with Crippen LogP contribution in [0.1, 0.15) is 12.0 Å². The zero-order valence-corrected chi connectivity index (χ0v) is 11.3. The molecule has 19 heavy (non-hydrogen) atoms. The Hall–Kier alpha value is -1.40. The van der Waals surface area contributed by atoms with Gasteiger partial charge in [0.25, 0.3) is 0 Å². The Labute approximate surface area is 114 Å². The zero-order chi connectivity index (χ0) is 13.7. The number of carbonyl (C=O) groups is 1. The Balaban J connectivity index is 1.77. The highest BCUT2D eigenvalue weighted by Gasteiger charge is 2.28. The maximum Gasteiger partial charge on any atom is 0.410 e. The fourth-order valence-corrected chi connectivity index (χ4v) is 2.82. The number of benzene rings is 1. The molecule has 1 N–H and O–H groups in total. The molecule has 6 heteroatoms. The molecule has 2 atom stereocenters. The lowest BCUT2D eigenvalue weighted by atomic mass is 10.2. The third-order valence-electron chi connectivity index (χ3n) is 3.13. The van der Waals surface area contributed by atoms with E-state index < -0.39 is 11.1 Å². The number of rotatable bonds is 4. The topological polar surface area (TPSA) is 66.8 Å². The molecule has 1 heterocycles. The molecule has 1 aromatic carbocycles. The van der Waals surface area contributed by atoms with E-state index in [4.69, 9.17) is 9.29 Å². The van der Waals surface area contributed by atoms with Crippen LogP contribution in [-0.2, 0) is 22.4 Å². The highest BCUT2D eigenvalue weighted by Crippen LogP contribution is 2.18. The van der Waals surface area contributed by atoms with Gasteiger partial charge in [-0.25, -0.2) is 9.00 Å². The van der Waals surface area contributed by atoms with Gasteiger partial charge in [0.2, 0.25) is 0 Å². The summed E-state index contributed by atoms with van der Waals surface area (Å²) in [6.45, 7) is 1.35. The summed E-state index contributed by atoms with van der Waals surface area (Å²) in [5.74, 6) is 0.317. The van der Waals surface area contributed by atoms with E-state index in [1.165, 1.54) is 0 Å². The van der Waals surface area contributed by atoms with Crippen LogP contribution in [-0.4, -0.2) is 38.6 Å². The highest BCUT2D eigenvalue weighted by molar-refractivity contribution is 7.79. The van der Waals surface area contributed by atoms with Crippen LogP contribution in [0, 0.1) is 5.92 Å². The first kappa shape index (κ1) is 14.0. The van der Waals surface area contributed by atoms with E-state index in [9.17, 15) is 9.00 Å². The van der Waals surface area contributed by atoms with Gasteiger partial charge in [0.15, 0.2) is 11.1 Å². The van der Waals surface area contributed by atoms with Crippen molar-refractivity contribution in [3.63, 3.8) is 0 Å². The van der Waals surface area contributed by atoms with Crippen LogP contribution >= 0.6 is 0 Å². The lowest BCUT2D eigenvalue weighted by Crippen LogP contribution is -2.29. The standard InChI is InChI=1S/C13H17NO4S/c15-13(18-9-11-4-2-1-3-5-11)14-7-6-12(8-14)10-19(16)17/h1-5,12H,6-10H2,(H,16,17)/t12-/m0/s1. The maximum absolute atomic E-state index is 11.8. The van der Waals surface area contributed by atoms with Crippen molar-refractivity contribution in [3.8, 4) is 0 Å². The smallest absolute Gasteiger partial charge is 0.410 e. The molecule has 1 unspecified atom stereocenters. The number of hydrogen-bond acceptors (Lipinski definition) is 3. The summed E-state index contributed by atoms with van der Waals surface area (Å²) < 4.78 is 24.8. The van der Waals surface area contributed by atoms with Gasteiger partial charge in [0.05, 0.1) is 5.75 Å². The third kappa shape index (κ3) is 4.33. The molecule has 104 valence electrons. The number of hydrogen-bond donors (Lipinski definition) is 1. The molecule has 1 fully saturated rings. The first-order chi connectivity index (χ1) is 9.15. The summed E-state index contributed by atoms with van der Waals surface area (Å²) in [5.41, 5.74) is 0.947. The summed E-state index contributed by atoms with van der Waals surface area (Å²) in [5, 5.41) is 0. The number of amides is 1. The second-order valence-corrected chi connectivity index (χ2v) is 5.61. The average molecular weight is 283 g/mol. The quantitative estimate of drug-likeness (QED) is 0.857. The van der Waals surface area contributed by atoms with E-state index in [1.54, 1.807) is 4.90 Å². The first-order valence-corrected chi connectivity index (χ1v) is 7.46. The minimum absolute atomic E-state index is 0.0927. The van der Waals surface area contributed by atoms with Gasteiger partial charge in [-0.05, 0) is 17.9 Å². The Kier molecular flexibility index (Phi) is 4.93. The molecule has 0 saturated carbocycles. The molecule has 0 bridgehead atoms. The van der Waals surface area contributed by atoms with Crippen LogP contribution in [0.25, 0.3) is 0 Å². The fraction of sp³-hybridized carbons (Fsp3) is 0.462. The van der Waals surface area contributed by atoms with Gasteiger partial charge >= 0.3 is 6.09 Å². The Morgan fingerprint density at radius 2 is 2.16 bits per heavy atom. The van der Waals surface area contributed by atoms with Crippen LogP contribution < -0.4 is 0 Å². The lowest BCUT2D eigenvalue weighted by molar-refractivity contribution is 0.103. The van der Waals surface area contributed by atoms with Crippen molar-refractivity contribution in [2.75, 3.05) is 18.8 Å². The van der Waals surface area contributed by atoms with Crippen molar-refractivity contribution < 1.29 is 18.3 Å². The van der Waals surface area contributed by atoms with Crippen molar-refractivity contribution in [2.45, 2.75) is 13.0 Å². The molecular weight excluding hydrogens is 266 g/mol. The number of nitrogens with zero attached hydrogens (tertiary/aromatic N) is 1. The first-order valence-electron chi connectivity index (χ1n) is 6.18. The van der Waals surface area contributed by atoms with Crippen molar-refractivity contribution in [2.24, 2.45) is 5.92 Å². The van der Waals surface area contributed by atoms with Crippen molar-refractivity contribution in [1.29, 1.82) is 0 Å². The monoisotopic (exact) mass is 283 g/mol. The van der Waals surface area contributed by atoms with Gasteiger partial charge in [-0.3, -0.25) is 0 Å². The van der Waals surface area contributed by atoms with Gasteiger partial charge in [-0.1, -0.05) is 30.3 Å². The van der Waals surface area contributed by atoms with E-state index in [-0.39, 0.29) is 24.4 Å². The molecule has 1 saturated heterocycles. The number of ether oxygens (including phenoxy) is 1. The van der Waals surface area contributed by atoms with Crippen LogP contribution in [0.3, 0.4) is 0 Å². The molecule has 1 aliphatic heterocycles. The Bertz CT molecular complexity index is 451. The van der Waals surface area contributed by atoms with Crippen molar-refractivity contribution in [3.05, 3.63) is 35.9 Å². The normalized spacial score (nSPS) is 20.3. The minimum Gasteiger partial charge on any atom is -0.445 e. The van der Waals surface area contributed by atoms with Gasteiger partial charge < -0.3 is 14.2 Å². The van der Waals surface area contributed by atoms with Gasteiger partial charge in [0.1, 0.15) is 6.61 Å². The van der Waals surface area contributed by atoms with Gasteiger partial charge in [0, 0.05) is 13.1 Å². The summed E-state index contributed by atoms with van der Waals surface area (Å²) in [6, 6.07) is 9.49. The molecule has 2 rings (SSSR count). The predicted molar refractivity (Wildman–Crippen MR) is 71.9 cm³/mol. The van der Waals surface area contributed by atoms with E-state index >= 15 is 0 Å². The number of likely N-dealkylation sites (tertiary alicyclic amines) is 1. The minimum atomic E-state index is -1.80. The number of carbonyl (C=O) groups excluding carboxylic acids is 1. The summed E-state index contributed by atoms with van der Waals surface area (Å²) in [7, 11) is 0. The molecular formula is C13H17NO4S. The van der Waals surface area contributed by atoms with Crippen LogP contribution in [0.5, 0.6) is 0 Å². The van der Waals surface area contributed by atoms with Crippen molar-refractivity contribution in [1.82, 2.24) is 4.90 Å². The van der Waals surface area contributed by atoms with Crippen molar-refractivity contribution >= 4 is 17.2 Å². The molecule has 0 aromatic heterocycles. The summed E-state index contributed by atoms with van der Waals surface area (Å²) in [6.07, 6.45) is 0.405. The second kappa shape index (κ2) is 6.68. The lowest BCUT2D eigenvalue weighted by Gasteiger charge is -2.16. The van der Waals surface area contributed by atoms with Gasteiger partial charge in [-0.15, -0.1) is 0 Å². The van der Waals surface area contributed by atoms with E-state index in [0.717, 1.165) is 12.0 Å². The predicted octanol–water partition coefficient (Wildman–Crippen LogP) is 1.87. The molecule has 1 amide bonds. The SMILES string of the molecule is O=C(OCc1ccccc1)N1CC[C@H](CS(=O)O)C1. The molecule has 1 aromatic rings. The third-order valence-corrected chi connectivity index (χ3v) is 3.88. The summed E-state index contributed by atoms with van der Waals surface area (Å²) >= 11 is -1.80. The highest BCUT2D eigenvalue weighted by atomic mass is 32.2. The Morgan fingerprint density at radius 1 is 1.42 bits per heavy atom. The van der Waals surface area contributed by atoms with Crippen LogP contribution in [0.4, 0.5) is 4.79 Å². The van der Waals surface area contributed by atoms with E-state index in [2.05, 4.69) is 0 Å². The Morgan fingerprint density at radius 3 is 2.84 bits per heavy atom. The molecule has 1 aliphatic rings. The molecule has 5 nitrogen and oxygen atoms in total. The zero-order valence-electron chi connectivity index (χ0n) is 10.5. The second-order valence-electron chi connectivity index (χ2n) is 4.63. The molecule has 0 aliphatic carbocycles. The maximum atomic E-state index is 11.8. The average Bonchev–Trinajstić information content (AvgIpc) is 2.85. The van der Waals surface area contributed by atoms with E-state index in [0.29, 0.717) is 13.1 Å². The molecule has 0 radical (unpaired) electrons. The van der Waals surface area contributed by atoms with Gasteiger partial charge in [-0.2, -0.15) is 0 Å². The molecule has 0 spiro atoms. The van der Waals surface area contributed by atoms with Crippen LogP contribution in [0.15, 0.2) is 30.3 Å².